The first-order valence-electron chi connectivity index (χ1n) is 8.06. The summed E-state index contributed by atoms with van der Waals surface area (Å²) in [6.07, 6.45) is 3.37. The van der Waals surface area contributed by atoms with Crippen molar-refractivity contribution in [3.63, 3.8) is 0 Å². The lowest BCUT2D eigenvalue weighted by Gasteiger charge is -2.33. The summed E-state index contributed by atoms with van der Waals surface area (Å²) in [6.45, 7) is 4.85. The standard InChI is InChI=1S/C14H23N7O2/c1-18-7-9-19(10-8-18)13-11(21(22)23)12(15)16-14(17-13)20-5-3-2-4-6-20/h2-10H2,1H3,(H2,15,16,17). The van der Waals surface area contributed by atoms with Gasteiger partial charge in [0.05, 0.1) is 4.92 Å². The molecule has 1 aromatic heterocycles. The van der Waals surface area contributed by atoms with E-state index in [1.807, 2.05) is 11.9 Å². The van der Waals surface area contributed by atoms with Crippen molar-refractivity contribution in [2.45, 2.75) is 19.3 Å². The molecule has 0 amide bonds. The first kappa shape index (κ1) is 15.7. The highest BCUT2D eigenvalue weighted by molar-refractivity contribution is 5.71. The molecule has 23 heavy (non-hydrogen) atoms. The number of nitro groups is 1. The van der Waals surface area contributed by atoms with Crippen LogP contribution in [0.5, 0.6) is 0 Å². The van der Waals surface area contributed by atoms with E-state index in [9.17, 15) is 10.1 Å². The summed E-state index contributed by atoms with van der Waals surface area (Å²) in [7, 11) is 2.04. The van der Waals surface area contributed by atoms with Crippen LogP contribution in [0.4, 0.5) is 23.3 Å². The molecule has 0 spiro atoms. The number of piperidine rings is 1. The lowest BCUT2D eigenvalue weighted by Crippen LogP contribution is -2.45. The van der Waals surface area contributed by atoms with Crippen LogP contribution in [0.2, 0.25) is 0 Å². The fourth-order valence-electron chi connectivity index (χ4n) is 3.10. The Morgan fingerprint density at radius 1 is 1.00 bits per heavy atom. The normalized spacial score (nSPS) is 19.9. The Kier molecular flexibility index (Phi) is 4.46. The summed E-state index contributed by atoms with van der Waals surface area (Å²) in [5, 5.41) is 11.4. The van der Waals surface area contributed by atoms with Crippen LogP contribution in [0, 0.1) is 10.1 Å². The molecule has 2 fully saturated rings. The lowest BCUT2D eigenvalue weighted by molar-refractivity contribution is -0.383. The molecule has 9 nitrogen and oxygen atoms in total. The van der Waals surface area contributed by atoms with Crippen molar-refractivity contribution in [1.82, 2.24) is 14.9 Å². The summed E-state index contributed by atoms with van der Waals surface area (Å²) in [4.78, 5) is 25.9. The van der Waals surface area contributed by atoms with Gasteiger partial charge in [-0.3, -0.25) is 10.1 Å². The third-order valence-electron chi connectivity index (χ3n) is 4.51. The molecule has 0 aromatic carbocycles. The van der Waals surface area contributed by atoms with Crippen LogP contribution in [-0.4, -0.2) is 66.1 Å². The zero-order valence-corrected chi connectivity index (χ0v) is 13.4. The van der Waals surface area contributed by atoms with Gasteiger partial charge in [-0.1, -0.05) is 0 Å². The Bertz CT molecular complexity index is 581. The minimum atomic E-state index is -0.469. The molecule has 0 radical (unpaired) electrons. The summed E-state index contributed by atoms with van der Waals surface area (Å²) in [5.74, 6) is 0.831. The number of hydrogen-bond acceptors (Lipinski definition) is 8. The summed E-state index contributed by atoms with van der Waals surface area (Å²) >= 11 is 0. The topological polar surface area (TPSA) is 105 Å². The van der Waals surface area contributed by atoms with Crippen LogP contribution in [0.25, 0.3) is 0 Å². The largest absolute Gasteiger partial charge is 0.378 e. The molecule has 2 aliphatic heterocycles. The number of rotatable bonds is 3. The van der Waals surface area contributed by atoms with E-state index >= 15 is 0 Å². The van der Waals surface area contributed by atoms with Gasteiger partial charge in [-0.2, -0.15) is 9.97 Å². The zero-order chi connectivity index (χ0) is 16.4. The Balaban J connectivity index is 1.96. The molecule has 0 aliphatic carbocycles. The van der Waals surface area contributed by atoms with E-state index < -0.39 is 4.92 Å². The Labute approximate surface area is 135 Å². The third-order valence-corrected chi connectivity index (χ3v) is 4.51. The second-order valence-corrected chi connectivity index (χ2v) is 6.18. The van der Waals surface area contributed by atoms with E-state index in [0.29, 0.717) is 24.9 Å². The van der Waals surface area contributed by atoms with Crippen LogP contribution in [0.15, 0.2) is 0 Å². The van der Waals surface area contributed by atoms with Gasteiger partial charge in [0.2, 0.25) is 17.6 Å². The van der Waals surface area contributed by atoms with E-state index in [2.05, 4.69) is 19.8 Å². The number of nitrogens with zero attached hydrogens (tertiary/aromatic N) is 6. The first-order chi connectivity index (χ1) is 11.1. The quantitative estimate of drug-likeness (QED) is 0.641. The van der Waals surface area contributed by atoms with Gasteiger partial charge in [-0.25, -0.2) is 0 Å². The number of likely N-dealkylation sites (N-methyl/N-ethyl adjacent to an activating group) is 1. The van der Waals surface area contributed by atoms with E-state index in [0.717, 1.165) is 39.0 Å². The van der Waals surface area contributed by atoms with E-state index in [1.54, 1.807) is 0 Å². The number of hydrogen-bond donors (Lipinski definition) is 1. The molecule has 1 aromatic rings. The van der Waals surface area contributed by atoms with Gasteiger partial charge in [-0.05, 0) is 26.3 Å². The van der Waals surface area contributed by atoms with Gasteiger partial charge in [0.1, 0.15) is 0 Å². The molecular formula is C14H23N7O2. The highest BCUT2D eigenvalue weighted by Gasteiger charge is 2.30. The van der Waals surface area contributed by atoms with Crippen molar-refractivity contribution in [1.29, 1.82) is 0 Å². The molecule has 2 saturated heterocycles. The van der Waals surface area contributed by atoms with Crippen molar-refractivity contribution in [3.05, 3.63) is 10.1 Å². The second kappa shape index (κ2) is 6.53. The number of anilines is 3. The highest BCUT2D eigenvalue weighted by Crippen LogP contribution is 2.33. The summed E-state index contributed by atoms with van der Waals surface area (Å²) in [6, 6.07) is 0. The highest BCUT2D eigenvalue weighted by atomic mass is 16.6. The van der Waals surface area contributed by atoms with Gasteiger partial charge in [0, 0.05) is 39.3 Å². The van der Waals surface area contributed by atoms with Crippen LogP contribution in [0.1, 0.15) is 19.3 Å². The molecule has 3 rings (SSSR count). The number of piperazine rings is 1. The predicted octanol–water partition coefficient (Wildman–Crippen LogP) is 0.709. The maximum atomic E-state index is 11.4. The molecule has 0 unspecified atom stereocenters. The number of nitrogen functional groups attached to an aromatic ring is 1. The van der Waals surface area contributed by atoms with Gasteiger partial charge in [0.15, 0.2) is 0 Å². The van der Waals surface area contributed by atoms with Crippen LogP contribution in [-0.2, 0) is 0 Å². The molecule has 9 heteroatoms. The van der Waals surface area contributed by atoms with Gasteiger partial charge < -0.3 is 20.4 Å². The minimum Gasteiger partial charge on any atom is -0.378 e. The maximum absolute atomic E-state index is 11.4. The third kappa shape index (κ3) is 3.29. The molecule has 0 bridgehead atoms. The molecule has 2 aliphatic rings. The second-order valence-electron chi connectivity index (χ2n) is 6.18. The fraction of sp³-hybridized carbons (Fsp3) is 0.714. The van der Waals surface area contributed by atoms with Crippen molar-refractivity contribution in [2.75, 3.05) is 61.8 Å². The van der Waals surface area contributed by atoms with Crippen LogP contribution < -0.4 is 15.5 Å². The monoisotopic (exact) mass is 321 g/mol. The molecule has 126 valence electrons. The minimum absolute atomic E-state index is 0.0421. The molecule has 3 heterocycles. The Morgan fingerprint density at radius 2 is 1.65 bits per heavy atom. The van der Waals surface area contributed by atoms with Crippen LogP contribution in [0.3, 0.4) is 0 Å². The van der Waals surface area contributed by atoms with E-state index in [-0.39, 0.29) is 11.5 Å². The average molecular weight is 321 g/mol. The fourth-order valence-corrected chi connectivity index (χ4v) is 3.10. The van der Waals surface area contributed by atoms with Crippen molar-refractivity contribution in [3.8, 4) is 0 Å². The van der Waals surface area contributed by atoms with Crippen molar-refractivity contribution in [2.24, 2.45) is 0 Å². The first-order valence-corrected chi connectivity index (χ1v) is 8.06. The molecule has 2 N–H and O–H groups in total. The van der Waals surface area contributed by atoms with E-state index in [4.69, 9.17) is 5.73 Å². The average Bonchev–Trinajstić information content (AvgIpc) is 2.55. The lowest BCUT2D eigenvalue weighted by atomic mass is 10.1. The summed E-state index contributed by atoms with van der Waals surface area (Å²) < 4.78 is 0. The summed E-state index contributed by atoms with van der Waals surface area (Å²) in [5.41, 5.74) is 5.74. The molecular weight excluding hydrogens is 298 g/mol. The molecule has 0 atom stereocenters. The zero-order valence-electron chi connectivity index (χ0n) is 13.4. The van der Waals surface area contributed by atoms with Crippen molar-refractivity contribution >= 4 is 23.3 Å². The maximum Gasteiger partial charge on any atom is 0.353 e. The SMILES string of the molecule is CN1CCN(c2nc(N3CCCCC3)nc(N)c2[N+](=O)[O-])CC1. The van der Waals surface area contributed by atoms with Crippen LogP contribution >= 0.6 is 0 Å². The number of aromatic nitrogens is 2. The Morgan fingerprint density at radius 3 is 2.26 bits per heavy atom. The van der Waals surface area contributed by atoms with Gasteiger partial charge in [0.25, 0.3) is 0 Å². The van der Waals surface area contributed by atoms with Gasteiger partial charge >= 0.3 is 5.69 Å². The number of nitrogens with two attached hydrogens (primary N) is 1. The molecule has 0 saturated carbocycles. The van der Waals surface area contributed by atoms with Gasteiger partial charge in [-0.15, -0.1) is 0 Å². The smallest absolute Gasteiger partial charge is 0.353 e. The van der Waals surface area contributed by atoms with Crippen molar-refractivity contribution < 1.29 is 4.92 Å². The van der Waals surface area contributed by atoms with E-state index in [1.165, 1.54) is 6.42 Å². The predicted molar refractivity (Wildman–Crippen MR) is 88.9 cm³/mol. The Hall–Kier alpha value is -2.16.